The fourth-order valence-electron chi connectivity index (χ4n) is 5.26. The lowest BCUT2D eigenvalue weighted by Gasteiger charge is -2.33. The lowest BCUT2D eigenvalue weighted by molar-refractivity contribution is 0.285. The summed E-state index contributed by atoms with van der Waals surface area (Å²) in [5.41, 5.74) is 7.81. The number of imidazole rings is 1. The summed E-state index contributed by atoms with van der Waals surface area (Å²) in [6.07, 6.45) is 14.9. The Balaban J connectivity index is 1.32. The second-order valence-electron chi connectivity index (χ2n) is 9.74. The number of aromatic amines is 1. The van der Waals surface area contributed by atoms with Crippen LogP contribution in [-0.2, 0) is 6.54 Å². The molecule has 182 valence electrons. The highest BCUT2D eigenvalue weighted by Crippen LogP contribution is 2.34. The number of unbranched alkanes of at least 4 members (excludes halogenated alkanes) is 1. The zero-order valence-electron chi connectivity index (χ0n) is 20.0. The number of rotatable bonds is 8. The van der Waals surface area contributed by atoms with E-state index in [1.165, 1.54) is 38.4 Å². The van der Waals surface area contributed by atoms with Gasteiger partial charge in [-0.2, -0.15) is 5.26 Å². The van der Waals surface area contributed by atoms with Gasteiger partial charge in [0.05, 0.1) is 5.69 Å². The van der Waals surface area contributed by atoms with Crippen LogP contribution in [0, 0.1) is 17.2 Å². The summed E-state index contributed by atoms with van der Waals surface area (Å²) in [5, 5.41) is 9.51. The van der Waals surface area contributed by atoms with Gasteiger partial charge in [0.2, 0.25) is 5.56 Å². The summed E-state index contributed by atoms with van der Waals surface area (Å²) in [4.78, 5) is 30.0. The van der Waals surface area contributed by atoms with Crippen molar-refractivity contribution in [2.24, 2.45) is 5.92 Å². The van der Waals surface area contributed by atoms with Crippen LogP contribution in [0.15, 0.2) is 35.6 Å². The van der Waals surface area contributed by atoms with Gasteiger partial charge in [-0.1, -0.05) is 32.1 Å². The molecule has 5 rings (SSSR count). The second-order valence-corrected chi connectivity index (χ2v) is 9.74. The van der Waals surface area contributed by atoms with Crippen LogP contribution in [0.5, 0.6) is 0 Å². The lowest BCUT2D eigenvalue weighted by atomic mass is 9.82. The van der Waals surface area contributed by atoms with Crippen LogP contribution in [0.25, 0.3) is 11.3 Å². The molecule has 2 aliphatic rings. The molecule has 3 N–H and O–H groups in total. The van der Waals surface area contributed by atoms with Gasteiger partial charge in [-0.25, -0.2) is 15.0 Å². The monoisotopic (exact) mass is 472 g/mol. The number of nitrogens with two attached hydrogens (primary N) is 1. The molecule has 9 nitrogen and oxygen atoms in total. The van der Waals surface area contributed by atoms with Crippen LogP contribution in [0.1, 0.15) is 68.7 Å². The summed E-state index contributed by atoms with van der Waals surface area (Å²) < 4.78 is 2.31. The third-order valence-corrected chi connectivity index (χ3v) is 7.49. The maximum absolute atomic E-state index is 11.9. The molecular formula is C26H32N8O. The van der Waals surface area contributed by atoms with E-state index in [0.29, 0.717) is 17.3 Å². The fraction of sp³-hybridized carbons (Fsp3) is 0.500. The van der Waals surface area contributed by atoms with Crippen LogP contribution in [0.4, 0.5) is 11.6 Å². The van der Waals surface area contributed by atoms with Crippen molar-refractivity contribution in [3.63, 3.8) is 0 Å². The number of piperidine rings is 1. The van der Waals surface area contributed by atoms with Crippen molar-refractivity contribution in [1.82, 2.24) is 24.5 Å². The molecule has 3 aromatic rings. The van der Waals surface area contributed by atoms with Crippen molar-refractivity contribution in [2.45, 2.75) is 63.8 Å². The van der Waals surface area contributed by atoms with Crippen molar-refractivity contribution in [2.75, 3.05) is 23.7 Å². The molecule has 3 aromatic heterocycles. The van der Waals surface area contributed by atoms with Gasteiger partial charge < -0.3 is 20.2 Å². The molecular weight excluding hydrogens is 440 g/mol. The topological polar surface area (TPSA) is 130 Å². The van der Waals surface area contributed by atoms with E-state index in [0.717, 1.165) is 61.9 Å². The molecule has 0 amide bonds. The van der Waals surface area contributed by atoms with Gasteiger partial charge in [0, 0.05) is 49.6 Å². The Bertz CT molecular complexity index is 1260. The summed E-state index contributed by atoms with van der Waals surface area (Å²) in [5.74, 6) is 3.16. The van der Waals surface area contributed by atoms with Gasteiger partial charge in [0.15, 0.2) is 5.82 Å². The van der Waals surface area contributed by atoms with Gasteiger partial charge in [-0.05, 0) is 31.2 Å². The second kappa shape index (κ2) is 10.3. The first kappa shape index (κ1) is 23.1. The molecule has 1 saturated heterocycles. The van der Waals surface area contributed by atoms with E-state index >= 15 is 0 Å². The van der Waals surface area contributed by atoms with E-state index in [2.05, 4.69) is 36.7 Å². The minimum absolute atomic E-state index is 0.121. The molecule has 0 spiro atoms. The van der Waals surface area contributed by atoms with Crippen molar-refractivity contribution in [3.8, 4) is 17.3 Å². The third kappa shape index (κ3) is 5.06. The SMILES string of the molecule is N#Cc1c(N)ncnc1N1CCC(c2nc(-c3cc[nH]c(=O)c3)cn2CCCCC2CCC2)CC1. The zero-order chi connectivity index (χ0) is 24.2. The van der Waals surface area contributed by atoms with Crippen molar-refractivity contribution in [1.29, 1.82) is 5.26 Å². The minimum Gasteiger partial charge on any atom is -0.382 e. The van der Waals surface area contributed by atoms with E-state index in [-0.39, 0.29) is 11.4 Å². The minimum atomic E-state index is -0.121. The fourth-order valence-corrected chi connectivity index (χ4v) is 5.26. The molecule has 1 saturated carbocycles. The van der Waals surface area contributed by atoms with E-state index in [9.17, 15) is 10.1 Å². The molecule has 0 unspecified atom stereocenters. The Morgan fingerprint density at radius 2 is 2.00 bits per heavy atom. The number of nitrogens with one attached hydrogen (secondary N) is 1. The highest BCUT2D eigenvalue weighted by atomic mass is 16.1. The van der Waals surface area contributed by atoms with Gasteiger partial charge in [-0.15, -0.1) is 0 Å². The number of hydrogen-bond acceptors (Lipinski definition) is 7. The lowest BCUT2D eigenvalue weighted by Crippen LogP contribution is -2.35. The zero-order valence-corrected chi connectivity index (χ0v) is 20.0. The molecule has 1 aliphatic carbocycles. The summed E-state index contributed by atoms with van der Waals surface area (Å²) in [6.45, 7) is 2.48. The van der Waals surface area contributed by atoms with Crippen LogP contribution >= 0.6 is 0 Å². The van der Waals surface area contributed by atoms with E-state index < -0.39 is 0 Å². The Kier molecular flexibility index (Phi) is 6.80. The third-order valence-electron chi connectivity index (χ3n) is 7.49. The maximum atomic E-state index is 11.9. The molecule has 1 aliphatic heterocycles. The smallest absolute Gasteiger partial charge is 0.248 e. The number of nitriles is 1. The van der Waals surface area contributed by atoms with Gasteiger partial charge >= 0.3 is 0 Å². The van der Waals surface area contributed by atoms with Gasteiger partial charge in [-0.3, -0.25) is 4.79 Å². The number of aromatic nitrogens is 5. The predicted octanol–water partition coefficient (Wildman–Crippen LogP) is 3.84. The average molecular weight is 473 g/mol. The Hall–Kier alpha value is -3.67. The maximum Gasteiger partial charge on any atom is 0.248 e. The molecule has 4 heterocycles. The number of nitrogens with zero attached hydrogens (tertiary/aromatic N) is 6. The van der Waals surface area contributed by atoms with Crippen molar-refractivity contribution >= 4 is 11.6 Å². The first-order valence-corrected chi connectivity index (χ1v) is 12.6. The molecule has 0 radical (unpaired) electrons. The number of hydrogen-bond donors (Lipinski definition) is 2. The number of aryl methyl sites for hydroxylation is 1. The molecule has 0 aromatic carbocycles. The molecule has 0 bridgehead atoms. The van der Waals surface area contributed by atoms with Gasteiger partial charge in [0.1, 0.15) is 29.6 Å². The van der Waals surface area contributed by atoms with Crippen LogP contribution in [-0.4, -0.2) is 37.6 Å². The molecule has 0 atom stereocenters. The number of pyridine rings is 1. The van der Waals surface area contributed by atoms with E-state index in [1.54, 1.807) is 12.3 Å². The van der Waals surface area contributed by atoms with E-state index in [1.807, 2.05) is 6.07 Å². The van der Waals surface area contributed by atoms with Crippen molar-refractivity contribution < 1.29 is 0 Å². The average Bonchev–Trinajstić information content (AvgIpc) is 3.27. The van der Waals surface area contributed by atoms with Crippen LogP contribution in [0.2, 0.25) is 0 Å². The first-order valence-electron chi connectivity index (χ1n) is 12.6. The molecule has 2 fully saturated rings. The Labute approximate surface area is 205 Å². The van der Waals surface area contributed by atoms with Gasteiger partial charge in [0.25, 0.3) is 0 Å². The first-order chi connectivity index (χ1) is 17.1. The molecule has 9 heteroatoms. The van der Waals surface area contributed by atoms with E-state index in [4.69, 9.17) is 10.7 Å². The standard InChI is InChI=1S/C26H32N8O/c27-15-21-24(28)30-17-31-26(21)33-12-8-19(9-13-33)25-32-22(20-7-10-29-23(35)14-20)16-34(25)11-2-1-4-18-5-3-6-18/h7,10,14,16-19H,1-6,8-9,11-13H2,(H,29,35)(H2,28,30,31). The normalized spacial score (nSPS) is 16.7. The molecule has 35 heavy (non-hydrogen) atoms. The van der Waals surface area contributed by atoms with Crippen LogP contribution < -0.4 is 16.2 Å². The Morgan fingerprint density at radius 3 is 2.71 bits per heavy atom. The van der Waals surface area contributed by atoms with Crippen LogP contribution in [0.3, 0.4) is 0 Å². The number of H-pyrrole nitrogens is 1. The summed E-state index contributed by atoms with van der Waals surface area (Å²) in [7, 11) is 0. The quantitative estimate of drug-likeness (QED) is 0.476. The predicted molar refractivity (Wildman–Crippen MR) is 135 cm³/mol. The summed E-state index contributed by atoms with van der Waals surface area (Å²) >= 11 is 0. The van der Waals surface area contributed by atoms with Crippen molar-refractivity contribution in [3.05, 3.63) is 52.6 Å². The highest BCUT2D eigenvalue weighted by Gasteiger charge is 2.27. The highest BCUT2D eigenvalue weighted by molar-refractivity contribution is 5.63. The summed E-state index contributed by atoms with van der Waals surface area (Å²) in [6, 6.07) is 5.66. The number of anilines is 2. The number of nitrogen functional groups attached to an aromatic ring is 1. The largest absolute Gasteiger partial charge is 0.382 e. The Morgan fingerprint density at radius 1 is 1.17 bits per heavy atom.